The minimum atomic E-state index is -0.782. The average molecular weight is 297 g/mol. The van der Waals surface area contributed by atoms with Crippen molar-refractivity contribution in [1.82, 2.24) is 15.1 Å². The molecule has 1 unspecified atom stereocenters. The normalized spacial score (nSPS) is 26.0. The predicted molar refractivity (Wildman–Crippen MR) is 80.2 cm³/mol. The molecule has 1 aliphatic carbocycles. The second-order valence-corrected chi connectivity index (χ2v) is 6.41. The number of hydrogen-bond donors (Lipinski definition) is 2. The maximum absolute atomic E-state index is 12.2. The first kappa shape index (κ1) is 16.1. The van der Waals surface area contributed by atoms with E-state index in [9.17, 15) is 14.7 Å². The van der Waals surface area contributed by atoms with Crippen molar-refractivity contribution in [3.63, 3.8) is 0 Å². The number of piperidine rings is 1. The van der Waals surface area contributed by atoms with Crippen LogP contribution < -0.4 is 5.32 Å². The van der Waals surface area contributed by atoms with E-state index < -0.39 is 11.4 Å². The van der Waals surface area contributed by atoms with Crippen LogP contribution in [0.3, 0.4) is 0 Å². The SMILES string of the molecule is CCC1(C(=O)O)CCCN(C(=O)NCCN(C)C2CC2)C1. The smallest absolute Gasteiger partial charge is 0.317 e. The van der Waals surface area contributed by atoms with Gasteiger partial charge in [-0.2, -0.15) is 0 Å². The van der Waals surface area contributed by atoms with Crippen LogP contribution in [0.15, 0.2) is 0 Å². The van der Waals surface area contributed by atoms with Crippen LogP contribution in [0.25, 0.3) is 0 Å². The molecular formula is C15H27N3O3. The zero-order chi connectivity index (χ0) is 15.5. The minimum Gasteiger partial charge on any atom is -0.481 e. The highest BCUT2D eigenvalue weighted by atomic mass is 16.4. The van der Waals surface area contributed by atoms with Gasteiger partial charge in [0.2, 0.25) is 0 Å². The topological polar surface area (TPSA) is 72.9 Å². The molecular weight excluding hydrogens is 270 g/mol. The third-order valence-corrected chi connectivity index (χ3v) is 4.91. The molecule has 0 aromatic carbocycles. The Morgan fingerprint density at radius 1 is 1.43 bits per heavy atom. The number of likely N-dealkylation sites (tertiary alicyclic amines) is 1. The van der Waals surface area contributed by atoms with Gasteiger partial charge in [0.05, 0.1) is 5.41 Å². The number of amides is 2. The first-order valence-electron chi connectivity index (χ1n) is 7.95. The van der Waals surface area contributed by atoms with Crippen molar-refractivity contribution in [2.75, 3.05) is 33.2 Å². The molecule has 1 aliphatic heterocycles. The van der Waals surface area contributed by atoms with Gasteiger partial charge in [-0.1, -0.05) is 6.92 Å². The fraction of sp³-hybridized carbons (Fsp3) is 0.867. The molecule has 2 fully saturated rings. The fourth-order valence-electron chi connectivity index (χ4n) is 3.07. The molecule has 6 heteroatoms. The van der Waals surface area contributed by atoms with Gasteiger partial charge in [-0.05, 0) is 39.2 Å². The number of rotatable bonds is 6. The summed E-state index contributed by atoms with van der Waals surface area (Å²) in [5.74, 6) is -0.782. The molecule has 2 amide bonds. The van der Waals surface area contributed by atoms with Crippen molar-refractivity contribution < 1.29 is 14.7 Å². The van der Waals surface area contributed by atoms with E-state index in [0.717, 1.165) is 13.0 Å². The lowest BCUT2D eigenvalue weighted by Crippen LogP contribution is -2.53. The first-order valence-corrected chi connectivity index (χ1v) is 7.95. The van der Waals surface area contributed by atoms with Crippen LogP contribution >= 0.6 is 0 Å². The summed E-state index contributed by atoms with van der Waals surface area (Å²) in [6, 6.07) is 0.564. The third kappa shape index (κ3) is 3.87. The van der Waals surface area contributed by atoms with E-state index in [4.69, 9.17) is 0 Å². The van der Waals surface area contributed by atoms with Gasteiger partial charge in [0.15, 0.2) is 0 Å². The van der Waals surface area contributed by atoms with Crippen LogP contribution in [-0.4, -0.2) is 66.2 Å². The standard InChI is InChI=1S/C15H27N3O3/c1-3-15(13(19)20)7-4-9-18(11-15)14(21)16-8-10-17(2)12-5-6-12/h12H,3-11H2,1-2H3,(H,16,21)(H,19,20). The lowest BCUT2D eigenvalue weighted by Gasteiger charge is -2.39. The summed E-state index contributed by atoms with van der Waals surface area (Å²) in [6.45, 7) is 4.33. The van der Waals surface area contributed by atoms with Gasteiger partial charge in [0.1, 0.15) is 0 Å². The molecule has 1 saturated heterocycles. The third-order valence-electron chi connectivity index (χ3n) is 4.91. The van der Waals surface area contributed by atoms with E-state index >= 15 is 0 Å². The van der Waals surface area contributed by atoms with Crippen molar-refractivity contribution in [2.24, 2.45) is 5.41 Å². The molecule has 120 valence electrons. The van der Waals surface area contributed by atoms with Gasteiger partial charge in [0, 0.05) is 32.2 Å². The molecule has 2 aliphatic rings. The zero-order valence-corrected chi connectivity index (χ0v) is 13.1. The molecule has 0 aromatic rings. The van der Waals surface area contributed by atoms with Gasteiger partial charge < -0.3 is 20.2 Å². The Hall–Kier alpha value is -1.30. The highest BCUT2D eigenvalue weighted by molar-refractivity contribution is 5.78. The van der Waals surface area contributed by atoms with Crippen LogP contribution in [0.2, 0.25) is 0 Å². The summed E-state index contributed by atoms with van der Waals surface area (Å²) in [5, 5.41) is 12.4. The lowest BCUT2D eigenvalue weighted by molar-refractivity contribution is -0.152. The van der Waals surface area contributed by atoms with Gasteiger partial charge >= 0.3 is 12.0 Å². The molecule has 1 atom stereocenters. The Morgan fingerprint density at radius 2 is 2.14 bits per heavy atom. The Morgan fingerprint density at radius 3 is 2.71 bits per heavy atom. The predicted octanol–water partition coefficient (Wildman–Crippen LogP) is 1.37. The maximum Gasteiger partial charge on any atom is 0.317 e. The summed E-state index contributed by atoms with van der Waals surface area (Å²) in [7, 11) is 2.08. The Labute approximate surface area is 126 Å². The number of urea groups is 1. The van der Waals surface area contributed by atoms with Crippen molar-refractivity contribution in [2.45, 2.75) is 45.1 Å². The number of carboxylic acid groups (broad SMARTS) is 1. The van der Waals surface area contributed by atoms with Crippen molar-refractivity contribution in [1.29, 1.82) is 0 Å². The Kier molecular flexibility index (Phi) is 5.08. The Bertz CT molecular complexity index is 398. The van der Waals surface area contributed by atoms with Crippen LogP contribution in [0.1, 0.15) is 39.0 Å². The monoisotopic (exact) mass is 297 g/mol. The quantitative estimate of drug-likeness (QED) is 0.776. The molecule has 2 rings (SSSR count). The second kappa shape index (κ2) is 6.64. The lowest BCUT2D eigenvalue weighted by atomic mass is 9.78. The largest absolute Gasteiger partial charge is 0.481 e. The number of aliphatic carboxylic acids is 1. The number of carbonyl (C=O) groups is 2. The maximum atomic E-state index is 12.2. The number of nitrogens with one attached hydrogen (secondary N) is 1. The molecule has 0 bridgehead atoms. The summed E-state index contributed by atoms with van der Waals surface area (Å²) < 4.78 is 0. The summed E-state index contributed by atoms with van der Waals surface area (Å²) in [6.07, 6.45) is 4.50. The first-order chi connectivity index (χ1) is 9.98. The second-order valence-electron chi connectivity index (χ2n) is 6.41. The number of hydrogen-bond acceptors (Lipinski definition) is 3. The molecule has 0 radical (unpaired) electrons. The van der Waals surface area contributed by atoms with Crippen LogP contribution in [0.5, 0.6) is 0 Å². The van der Waals surface area contributed by atoms with Crippen molar-refractivity contribution in [3.05, 3.63) is 0 Å². The van der Waals surface area contributed by atoms with Crippen LogP contribution in [0.4, 0.5) is 4.79 Å². The molecule has 0 aromatic heterocycles. The number of carboxylic acids is 1. The summed E-state index contributed by atoms with van der Waals surface area (Å²) >= 11 is 0. The highest BCUT2D eigenvalue weighted by Gasteiger charge is 2.42. The molecule has 1 saturated carbocycles. The van der Waals surface area contributed by atoms with Gasteiger partial charge in [0.25, 0.3) is 0 Å². The van der Waals surface area contributed by atoms with Gasteiger partial charge in [-0.15, -0.1) is 0 Å². The molecule has 6 nitrogen and oxygen atoms in total. The van der Waals surface area contributed by atoms with Crippen molar-refractivity contribution in [3.8, 4) is 0 Å². The molecule has 0 spiro atoms. The van der Waals surface area contributed by atoms with Crippen LogP contribution in [0, 0.1) is 5.41 Å². The van der Waals surface area contributed by atoms with E-state index in [1.807, 2.05) is 6.92 Å². The van der Waals surface area contributed by atoms with E-state index in [-0.39, 0.29) is 6.03 Å². The molecule has 21 heavy (non-hydrogen) atoms. The van der Waals surface area contributed by atoms with E-state index in [1.165, 1.54) is 12.8 Å². The average Bonchev–Trinajstić information content (AvgIpc) is 3.31. The number of nitrogens with zero attached hydrogens (tertiary/aromatic N) is 2. The van der Waals surface area contributed by atoms with E-state index in [0.29, 0.717) is 38.5 Å². The number of likely N-dealkylation sites (N-methyl/N-ethyl adjacent to an activating group) is 1. The fourth-order valence-corrected chi connectivity index (χ4v) is 3.07. The van der Waals surface area contributed by atoms with Crippen LogP contribution in [-0.2, 0) is 4.79 Å². The minimum absolute atomic E-state index is 0.127. The van der Waals surface area contributed by atoms with E-state index in [2.05, 4.69) is 17.3 Å². The van der Waals surface area contributed by atoms with Crippen molar-refractivity contribution >= 4 is 12.0 Å². The molecule has 2 N–H and O–H groups in total. The summed E-state index contributed by atoms with van der Waals surface area (Å²) in [4.78, 5) is 27.6. The van der Waals surface area contributed by atoms with Gasteiger partial charge in [-0.25, -0.2) is 4.79 Å². The highest BCUT2D eigenvalue weighted by Crippen LogP contribution is 2.33. The van der Waals surface area contributed by atoms with E-state index in [1.54, 1.807) is 4.90 Å². The number of carbonyl (C=O) groups excluding carboxylic acids is 1. The van der Waals surface area contributed by atoms with Gasteiger partial charge in [-0.3, -0.25) is 4.79 Å². The molecule has 1 heterocycles. The summed E-state index contributed by atoms with van der Waals surface area (Å²) in [5.41, 5.74) is -0.763. The Balaban J connectivity index is 1.79. The zero-order valence-electron chi connectivity index (χ0n) is 13.1.